The molecule has 0 aromatic rings. The van der Waals surface area contributed by atoms with Gasteiger partial charge in [-0.3, -0.25) is 0 Å². The van der Waals surface area contributed by atoms with Gasteiger partial charge in [0, 0.05) is 12.1 Å². The molecule has 1 saturated carbocycles. The predicted octanol–water partition coefficient (Wildman–Crippen LogP) is 1.73. The molecule has 14 heavy (non-hydrogen) atoms. The van der Waals surface area contributed by atoms with E-state index in [0.717, 1.165) is 5.96 Å². The third kappa shape index (κ3) is 2.02. The van der Waals surface area contributed by atoms with Crippen LogP contribution < -0.4 is 5.73 Å². The molecule has 1 aliphatic heterocycles. The van der Waals surface area contributed by atoms with E-state index in [1.807, 2.05) is 0 Å². The van der Waals surface area contributed by atoms with Gasteiger partial charge < -0.3 is 10.6 Å². The molecule has 3 nitrogen and oxygen atoms in total. The van der Waals surface area contributed by atoms with Crippen molar-refractivity contribution in [1.82, 2.24) is 4.90 Å². The zero-order valence-corrected chi connectivity index (χ0v) is 9.24. The minimum Gasteiger partial charge on any atom is -0.370 e. The van der Waals surface area contributed by atoms with Crippen LogP contribution in [0.25, 0.3) is 0 Å². The van der Waals surface area contributed by atoms with Crippen molar-refractivity contribution in [2.24, 2.45) is 10.7 Å². The molecule has 1 heterocycles. The van der Waals surface area contributed by atoms with E-state index in [1.165, 1.54) is 32.1 Å². The van der Waals surface area contributed by atoms with Crippen molar-refractivity contribution < 1.29 is 0 Å². The third-order valence-electron chi connectivity index (χ3n) is 3.32. The summed E-state index contributed by atoms with van der Waals surface area (Å²) in [5, 5.41) is 0. The lowest BCUT2D eigenvalue weighted by molar-refractivity contribution is 0.188. The van der Waals surface area contributed by atoms with Crippen molar-refractivity contribution in [1.29, 1.82) is 0 Å². The second kappa shape index (κ2) is 3.79. The van der Waals surface area contributed by atoms with Crippen LogP contribution in [0.3, 0.4) is 0 Å². The Labute approximate surface area is 86.4 Å². The Hall–Kier alpha value is -0.730. The minimum atomic E-state index is 0.538. The standard InChI is InChI=1S/C11H21N3/c1-8-4-3-5-9(2)14(8)11(12)13-10-6-7-10/h8-10H,3-7H2,1-2H3,(H2,12,13)/t8-,9+. The van der Waals surface area contributed by atoms with Gasteiger partial charge in [-0.2, -0.15) is 0 Å². The lowest BCUT2D eigenvalue weighted by Gasteiger charge is -2.39. The molecule has 0 spiro atoms. The highest BCUT2D eigenvalue weighted by atomic mass is 15.3. The maximum atomic E-state index is 6.05. The molecule has 2 rings (SSSR count). The van der Waals surface area contributed by atoms with Crippen molar-refractivity contribution in [2.45, 2.75) is 64.1 Å². The summed E-state index contributed by atoms with van der Waals surface area (Å²) < 4.78 is 0. The molecule has 80 valence electrons. The fraction of sp³-hybridized carbons (Fsp3) is 0.909. The molecule has 2 aliphatic rings. The van der Waals surface area contributed by atoms with Crippen LogP contribution in [0.1, 0.15) is 46.0 Å². The number of guanidine groups is 1. The number of hydrogen-bond acceptors (Lipinski definition) is 1. The second-order valence-electron chi connectivity index (χ2n) is 4.75. The summed E-state index contributed by atoms with van der Waals surface area (Å²) in [7, 11) is 0. The Morgan fingerprint density at radius 3 is 2.21 bits per heavy atom. The fourth-order valence-corrected chi connectivity index (χ4v) is 2.33. The van der Waals surface area contributed by atoms with E-state index >= 15 is 0 Å². The first-order chi connectivity index (χ1) is 6.68. The molecule has 0 amide bonds. The van der Waals surface area contributed by atoms with Crippen molar-refractivity contribution in [3.05, 3.63) is 0 Å². The highest BCUT2D eigenvalue weighted by Gasteiger charge is 2.28. The zero-order chi connectivity index (χ0) is 10.1. The molecule has 0 radical (unpaired) electrons. The first-order valence-corrected chi connectivity index (χ1v) is 5.80. The Morgan fingerprint density at radius 2 is 1.71 bits per heavy atom. The van der Waals surface area contributed by atoms with Crippen LogP contribution >= 0.6 is 0 Å². The summed E-state index contributed by atoms with van der Waals surface area (Å²) in [6.45, 7) is 4.51. The quantitative estimate of drug-likeness (QED) is 0.511. The van der Waals surface area contributed by atoms with Gasteiger partial charge in [-0.15, -0.1) is 0 Å². The highest BCUT2D eigenvalue weighted by molar-refractivity contribution is 5.79. The Balaban J connectivity index is 2.04. The Bertz CT molecular complexity index is 223. The molecule has 0 unspecified atom stereocenters. The molecule has 2 fully saturated rings. The van der Waals surface area contributed by atoms with E-state index in [4.69, 9.17) is 5.73 Å². The van der Waals surface area contributed by atoms with E-state index in [0.29, 0.717) is 18.1 Å². The highest BCUT2D eigenvalue weighted by Crippen LogP contribution is 2.26. The van der Waals surface area contributed by atoms with Gasteiger partial charge in [0.1, 0.15) is 0 Å². The number of aliphatic imine (C=N–C) groups is 1. The monoisotopic (exact) mass is 195 g/mol. The molecule has 0 aromatic heterocycles. The SMILES string of the molecule is C[C@@H]1CCC[C@H](C)N1C(N)=NC1CC1. The number of hydrogen-bond donors (Lipinski definition) is 1. The van der Waals surface area contributed by atoms with Crippen LogP contribution in [-0.4, -0.2) is 29.0 Å². The number of likely N-dealkylation sites (tertiary alicyclic amines) is 1. The van der Waals surface area contributed by atoms with Gasteiger partial charge in [-0.1, -0.05) is 0 Å². The van der Waals surface area contributed by atoms with Gasteiger partial charge in [0.15, 0.2) is 5.96 Å². The summed E-state index contributed by atoms with van der Waals surface area (Å²) in [5.41, 5.74) is 6.05. The average molecular weight is 195 g/mol. The molecule has 3 heteroatoms. The molecular formula is C11H21N3. The van der Waals surface area contributed by atoms with Crippen LogP contribution in [-0.2, 0) is 0 Å². The maximum Gasteiger partial charge on any atom is 0.192 e. The molecule has 1 saturated heterocycles. The van der Waals surface area contributed by atoms with E-state index in [2.05, 4.69) is 23.7 Å². The van der Waals surface area contributed by atoms with Crippen molar-refractivity contribution in [3.63, 3.8) is 0 Å². The number of nitrogens with two attached hydrogens (primary N) is 1. The van der Waals surface area contributed by atoms with Crippen LogP contribution in [0.5, 0.6) is 0 Å². The van der Waals surface area contributed by atoms with Crippen LogP contribution in [0.15, 0.2) is 4.99 Å². The predicted molar refractivity (Wildman–Crippen MR) is 59.3 cm³/mol. The number of rotatable bonds is 1. The van der Waals surface area contributed by atoms with Gasteiger partial charge in [0.05, 0.1) is 6.04 Å². The third-order valence-corrected chi connectivity index (χ3v) is 3.32. The average Bonchev–Trinajstić information content (AvgIpc) is 2.87. The summed E-state index contributed by atoms with van der Waals surface area (Å²) in [5.74, 6) is 0.784. The molecule has 0 aromatic carbocycles. The Morgan fingerprint density at radius 1 is 1.14 bits per heavy atom. The Kier molecular flexibility index (Phi) is 2.66. The van der Waals surface area contributed by atoms with Gasteiger partial charge in [0.2, 0.25) is 0 Å². The largest absolute Gasteiger partial charge is 0.370 e. The van der Waals surface area contributed by atoms with E-state index in [-0.39, 0.29) is 0 Å². The lowest BCUT2D eigenvalue weighted by atomic mass is 9.98. The number of piperidine rings is 1. The van der Waals surface area contributed by atoms with Gasteiger partial charge in [-0.05, 0) is 46.0 Å². The molecule has 2 N–H and O–H groups in total. The summed E-state index contributed by atoms with van der Waals surface area (Å²) in [6.07, 6.45) is 6.31. The van der Waals surface area contributed by atoms with Gasteiger partial charge in [-0.25, -0.2) is 4.99 Å². The molecular weight excluding hydrogens is 174 g/mol. The summed E-state index contributed by atoms with van der Waals surface area (Å²) in [4.78, 5) is 6.84. The van der Waals surface area contributed by atoms with Crippen LogP contribution in [0, 0.1) is 0 Å². The van der Waals surface area contributed by atoms with Crippen molar-refractivity contribution in [2.75, 3.05) is 0 Å². The molecule has 1 aliphatic carbocycles. The zero-order valence-electron chi connectivity index (χ0n) is 9.24. The maximum absolute atomic E-state index is 6.05. The molecule has 0 bridgehead atoms. The van der Waals surface area contributed by atoms with Gasteiger partial charge >= 0.3 is 0 Å². The van der Waals surface area contributed by atoms with Crippen molar-refractivity contribution >= 4 is 5.96 Å². The second-order valence-corrected chi connectivity index (χ2v) is 4.75. The fourth-order valence-electron chi connectivity index (χ4n) is 2.33. The lowest BCUT2D eigenvalue weighted by Crippen LogP contribution is -2.51. The van der Waals surface area contributed by atoms with Crippen molar-refractivity contribution in [3.8, 4) is 0 Å². The smallest absolute Gasteiger partial charge is 0.192 e. The summed E-state index contributed by atoms with van der Waals surface area (Å²) in [6, 6.07) is 1.68. The van der Waals surface area contributed by atoms with Crippen LogP contribution in [0.4, 0.5) is 0 Å². The van der Waals surface area contributed by atoms with Gasteiger partial charge in [0.25, 0.3) is 0 Å². The summed E-state index contributed by atoms with van der Waals surface area (Å²) >= 11 is 0. The molecule has 2 atom stereocenters. The van der Waals surface area contributed by atoms with E-state index in [1.54, 1.807) is 0 Å². The first kappa shape index (κ1) is 9.81. The first-order valence-electron chi connectivity index (χ1n) is 5.80. The normalized spacial score (nSPS) is 34.7. The number of nitrogens with zero attached hydrogens (tertiary/aromatic N) is 2. The van der Waals surface area contributed by atoms with E-state index < -0.39 is 0 Å². The topological polar surface area (TPSA) is 41.6 Å². The van der Waals surface area contributed by atoms with E-state index in [9.17, 15) is 0 Å². The minimum absolute atomic E-state index is 0.538. The van der Waals surface area contributed by atoms with Crippen LogP contribution in [0.2, 0.25) is 0 Å².